The molecule has 0 atom stereocenters. The van der Waals surface area contributed by atoms with E-state index in [-0.39, 0.29) is 30.8 Å². The van der Waals surface area contributed by atoms with Crippen molar-refractivity contribution in [1.82, 2.24) is 4.90 Å². The van der Waals surface area contributed by atoms with E-state index in [2.05, 4.69) is 5.32 Å². The standard InChI is InChI=1S/C20H20F4N2O3S/c1-13-2-5-15(6-3-13)30(28,29)16-8-10-26(11-9-16)19(27)25-18-12-14(20(22,23)24)4-7-17(18)21/h2-7,12,16H,8-11H2,1H3,(H,25,27). The van der Waals surface area contributed by atoms with Crippen LogP contribution < -0.4 is 5.32 Å². The van der Waals surface area contributed by atoms with Crippen LogP contribution >= 0.6 is 0 Å². The molecule has 0 unspecified atom stereocenters. The molecule has 2 aromatic rings. The Morgan fingerprint density at radius 2 is 1.67 bits per heavy atom. The van der Waals surface area contributed by atoms with Gasteiger partial charge in [0, 0.05) is 13.1 Å². The first-order valence-corrected chi connectivity index (χ1v) is 10.8. The zero-order chi connectivity index (χ0) is 22.1. The van der Waals surface area contributed by atoms with E-state index in [0.717, 1.165) is 5.56 Å². The van der Waals surface area contributed by atoms with Gasteiger partial charge in [-0.2, -0.15) is 13.2 Å². The summed E-state index contributed by atoms with van der Waals surface area (Å²) in [4.78, 5) is 13.8. The van der Waals surface area contributed by atoms with E-state index < -0.39 is 44.4 Å². The number of piperidine rings is 1. The summed E-state index contributed by atoms with van der Waals surface area (Å²) in [5, 5.41) is 1.47. The number of halogens is 4. The summed E-state index contributed by atoms with van der Waals surface area (Å²) in [6.45, 7) is 2.02. The number of amides is 2. The van der Waals surface area contributed by atoms with Crippen LogP contribution in [0.3, 0.4) is 0 Å². The minimum atomic E-state index is -4.67. The molecule has 0 saturated carbocycles. The summed E-state index contributed by atoms with van der Waals surface area (Å²) < 4.78 is 77.8. The molecule has 0 radical (unpaired) electrons. The SMILES string of the molecule is Cc1ccc(S(=O)(=O)C2CCN(C(=O)Nc3cc(C(F)(F)F)ccc3F)CC2)cc1. The highest BCUT2D eigenvalue weighted by atomic mass is 32.2. The van der Waals surface area contributed by atoms with E-state index in [1.54, 1.807) is 24.3 Å². The molecule has 1 heterocycles. The van der Waals surface area contributed by atoms with E-state index in [1.807, 2.05) is 6.92 Å². The van der Waals surface area contributed by atoms with Gasteiger partial charge in [0.05, 0.1) is 21.4 Å². The van der Waals surface area contributed by atoms with Gasteiger partial charge in [-0.25, -0.2) is 17.6 Å². The molecule has 1 fully saturated rings. The Morgan fingerprint density at radius 1 is 1.07 bits per heavy atom. The first kappa shape index (κ1) is 22.1. The molecule has 0 spiro atoms. The molecular weight excluding hydrogens is 424 g/mol. The maximum absolute atomic E-state index is 13.8. The minimum absolute atomic E-state index is 0.0855. The summed E-state index contributed by atoms with van der Waals surface area (Å²) in [6, 6.07) is 7.48. The second-order valence-corrected chi connectivity index (χ2v) is 9.40. The molecular formula is C20H20F4N2O3S. The number of hydrogen-bond donors (Lipinski definition) is 1. The molecule has 5 nitrogen and oxygen atoms in total. The number of benzene rings is 2. The number of aryl methyl sites for hydroxylation is 1. The van der Waals surface area contributed by atoms with Gasteiger partial charge in [-0.1, -0.05) is 17.7 Å². The molecule has 10 heteroatoms. The maximum Gasteiger partial charge on any atom is 0.416 e. The lowest BCUT2D eigenvalue weighted by molar-refractivity contribution is -0.137. The zero-order valence-electron chi connectivity index (χ0n) is 16.0. The van der Waals surface area contributed by atoms with Crippen LogP contribution in [0.15, 0.2) is 47.4 Å². The van der Waals surface area contributed by atoms with Crippen LogP contribution in [0.4, 0.5) is 28.0 Å². The topological polar surface area (TPSA) is 66.5 Å². The van der Waals surface area contributed by atoms with Gasteiger partial charge in [0.2, 0.25) is 0 Å². The van der Waals surface area contributed by atoms with Gasteiger partial charge in [0.25, 0.3) is 0 Å². The minimum Gasteiger partial charge on any atom is -0.324 e. The van der Waals surface area contributed by atoms with Gasteiger partial charge in [-0.15, -0.1) is 0 Å². The molecule has 2 amide bonds. The van der Waals surface area contributed by atoms with E-state index >= 15 is 0 Å². The highest BCUT2D eigenvalue weighted by molar-refractivity contribution is 7.92. The molecule has 0 aliphatic carbocycles. The van der Waals surface area contributed by atoms with Gasteiger partial charge in [-0.3, -0.25) is 0 Å². The van der Waals surface area contributed by atoms with Crippen molar-refractivity contribution in [2.45, 2.75) is 36.1 Å². The number of likely N-dealkylation sites (tertiary alicyclic amines) is 1. The quantitative estimate of drug-likeness (QED) is 0.703. The highest BCUT2D eigenvalue weighted by Gasteiger charge is 2.34. The Hall–Kier alpha value is -2.62. The van der Waals surface area contributed by atoms with Crippen LogP contribution in [0.2, 0.25) is 0 Å². The fraction of sp³-hybridized carbons (Fsp3) is 0.350. The van der Waals surface area contributed by atoms with Crippen molar-refractivity contribution >= 4 is 21.6 Å². The van der Waals surface area contributed by atoms with Crippen LogP contribution in [-0.2, 0) is 16.0 Å². The smallest absolute Gasteiger partial charge is 0.324 e. The number of nitrogens with one attached hydrogen (secondary N) is 1. The van der Waals surface area contributed by atoms with Crippen molar-refractivity contribution in [2.24, 2.45) is 0 Å². The molecule has 0 bridgehead atoms. The number of carbonyl (C=O) groups excluding carboxylic acids is 1. The Bertz CT molecular complexity index is 1030. The van der Waals surface area contributed by atoms with Crippen molar-refractivity contribution in [3.8, 4) is 0 Å². The first-order chi connectivity index (χ1) is 14.0. The number of alkyl halides is 3. The molecule has 2 aromatic carbocycles. The van der Waals surface area contributed by atoms with E-state index in [0.29, 0.717) is 18.2 Å². The third-order valence-electron chi connectivity index (χ3n) is 5.05. The lowest BCUT2D eigenvalue weighted by Crippen LogP contribution is -2.44. The number of nitrogens with zero attached hydrogens (tertiary/aromatic N) is 1. The number of hydrogen-bond acceptors (Lipinski definition) is 3. The summed E-state index contributed by atoms with van der Waals surface area (Å²) >= 11 is 0. The fourth-order valence-corrected chi connectivity index (χ4v) is 5.01. The van der Waals surface area contributed by atoms with E-state index in [1.165, 1.54) is 4.90 Å². The second kappa shape index (κ2) is 8.25. The van der Waals surface area contributed by atoms with Gasteiger partial charge in [0.1, 0.15) is 5.82 Å². The van der Waals surface area contributed by atoms with Crippen molar-refractivity contribution < 1.29 is 30.8 Å². The number of sulfone groups is 1. The van der Waals surface area contributed by atoms with E-state index in [9.17, 15) is 30.8 Å². The van der Waals surface area contributed by atoms with Crippen LogP contribution in [0.25, 0.3) is 0 Å². The number of carbonyl (C=O) groups is 1. The lowest BCUT2D eigenvalue weighted by atomic mass is 10.1. The number of rotatable bonds is 3. The fourth-order valence-electron chi connectivity index (χ4n) is 3.28. The number of anilines is 1. The van der Waals surface area contributed by atoms with Crippen LogP contribution in [0, 0.1) is 12.7 Å². The van der Waals surface area contributed by atoms with Gasteiger partial charge >= 0.3 is 12.2 Å². The maximum atomic E-state index is 13.8. The molecule has 30 heavy (non-hydrogen) atoms. The Balaban J connectivity index is 1.65. The van der Waals surface area contributed by atoms with Crippen LogP contribution in [0.5, 0.6) is 0 Å². The Kier molecular flexibility index (Phi) is 6.07. The predicted octanol–water partition coefficient (Wildman–Crippen LogP) is 4.62. The van der Waals surface area contributed by atoms with Gasteiger partial charge < -0.3 is 10.2 Å². The van der Waals surface area contributed by atoms with E-state index in [4.69, 9.17) is 0 Å². The first-order valence-electron chi connectivity index (χ1n) is 9.22. The van der Waals surface area contributed by atoms with Crippen molar-refractivity contribution in [1.29, 1.82) is 0 Å². The summed E-state index contributed by atoms with van der Waals surface area (Å²) in [5.41, 5.74) is -0.728. The van der Waals surface area contributed by atoms with Crippen LogP contribution in [0.1, 0.15) is 24.0 Å². The monoisotopic (exact) mass is 444 g/mol. The lowest BCUT2D eigenvalue weighted by Gasteiger charge is -2.31. The summed E-state index contributed by atoms with van der Waals surface area (Å²) in [5.74, 6) is -0.992. The third-order valence-corrected chi connectivity index (χ3v) is 7.33. The predicted molar refractivity (Wildman–Crippen MR) is 103 cm³/mol. The van der Waals surface area contributed by atoms with Crippen molar-refractivity contribution in [3.05, 3.63) is 59.4 Å². The molecule has 1 saturated heterocycles. The van der Waals surface area contributed by atoms with Gasteiger partial charge in [0.15, 0.2) is 9.84 Å². The van der Waals surface area contributed by atoms with Crippen molar-refractivity contribution in [2.75, 3.05) is 18.4 Å². The highest BCUT2D eigenvalue weighted by Crippen LogP contribution is 2.32. The molecule has 1 aliphatic rings. The molecule has 1 N–H and O–H groups in total. The molecule has 0 aromatic heterocycles. The molecule has 3 rings (SSSR count). The van der Waals surface area contributed by atoms with Crippen LogP contribution in [-0.4, -0.2) is 37.7 Å². The second-order valence-electron chi connectivity index (χ2n) is 7.17. The Morgan fingerprint density at radius 3 is 2.23 bits per heavy atom. The Labute approximate surface area is 171 Å². The zero-order valence-corrected chi connectivity index (χ0v) is 16.9. The molecule has 1 aliphatic heterocycles. The van der Waals surface area contributed by atoms with Gasteiger partial charge in [-0.05, 0) is 50.1 Å². The molecule has 162 valence electrons. The summed E-state index contributed by atoms with van der Waals surface area (Å²) in [7, 11) is -3.56. The average Bonchev–Trinajstić information content (AvgIpc) is 2.69. The number of urea groups is 1. The average molecular weight is 444 g/mol. The normalized spacial score (nSPS) is 15.8. The largest absolute Gasteiger partial charge is 0.416 e. The summed E-state index contributed by atoms with van der Waals surface area (Å²) in [6.07, 6.45) is -4.32. The van der Waals surface area contributed by atoms with Crippen molar-refractivity contribution in [3.63, 3.8) is 0 Å². The third kappa shape index (κ3) is 4.75.